The van der Waals surface area contributed by atoms with Crippen molar-refractivity contribution >= 4 is 39.9 Å². The molecule has 0 saturated heterocycles. The van der Waals surface area contributed by atoms with Gasteiger partial charge < -0.3 is 10.6 Å². The van der Waals surface area contributed by atoms with Crippen molar-refractivity contribution in [2.45, 2.75) is 58.0 Å². The molecular weight excluding hydrogens is 469 g/mol. The number of hydrogen-bond donors (Lipinski definition) is 2. The van der Waals surface area contributed by atoms with Gasteiger partial charge in [-0.3, -0.25) is 23.5 Å². The molecule has 9 heteroatoms. The molecule has 0 heterocycles. The summed E-state index contributed by atoms with van der Waals surface area (Å²) in [5, 5.41) is 5.59. The lowest BCUT2D eigenvalue weighted by Crippen LogP contribution is -2.52. The monoisotopic (exact) mass is 501 g/mol. The molecule has 0 aliphatic heterocycles. The zero-order valence-electron chi connectivity index (χ0n) is 20.1. The first-order valence-electron chi connectivity index (χ1n) is 11.8. The number of hydrogen-bond acceptors (Lipinski definition) is 4. The van der Waals surface area contributed by atoms with E-state index in [9.17, 15) is 23.0 Å². The summed E-state index contributed by atoms with van der Waals surface area (Å²) in [6.45, 7) is 3.57. The third-order valence-electron chi connectivity index (χ3n) is 6.00. The lowest BCUT2D eigenvalue weighted by atomic mass is 9.95. The molecule has 0 radical (unpaired) electrons. The van der Waals surface area contributed by atoms with E-state index in [1.165, 1.54) is 29.2 Å². The van der Waals surface area contributed by atoms with Crippen molar-refractivity contribution in [1.82, 2.24) is 5.32 Å². The first-order valence-corrected chi connectivity index (χ1v) is 13.3. The van der Waals surface area contributed by atoms with Gasteiger partial charge in [0.05, 0.1) is 0 Å². The molecule has 188 valence electrons. The van der Waals surface area contributed by atoms with Crippen LogP contribution in [0.15, 0.2) is 48.5 Å². The summed E-state index contributed by atoms with van der Waals surface area (Å²) in [4.78, 5) is 39.8. The summed E-state index contributed by atoms with van der Waals surface area (Å²) < 4.78 is 25.7. The predicted octanol–water partition coefficient (Wildman–Crippen LogP) is 3.69. The first kappa shape index (κ1) is 26.5. The predicted molar refractivity (Wildman–Crippen MR) is 136 cm³/mol. The molecule has 0 aromatic heterocycles. The Labute approximate surface area is 207 Å². The third kappa shape index (κ3) is 7.99. The maximum Gasteiger partial charge on any atom is 0.243 e. The molecule has 7 nitrogen and oxygen atoms in total. The average molecular weight is 502 g/mol. The summed E-state index contributed by atoms with van der Waals surface area (Å²) in [6.07, 6.45) is 5.14. The van der Waals surface area contributed by atoms with Crippen molar-refractivity contribution in [3.05, 3.63) is 59.9 Å². The molecule has 0 spiro atoms. The Kier molecular flexibility index (Phi) is 9.54. The van der Waals surface area contributed by atoms with Crippen LogP contribution in [0.1, 0.15) is 44.6 Å². The van der Waals surface area contributed by atoms with Crippen molar-refractivity contribution in [2.75, 3.05) is 21.7 Å². The number of halogens is 1. The molecule has 2 aromatic rings. The van der Waals surface area contributed by atoms with Crippen molar-refractivity contribution in [3.8, 4) is 0 Å². The molecule has 2 unspecified atom stereocenters. The van der Waals surface area contributed by atoms with Gasteiger partial charge in [0.1, 0.15) is 23.4 Å². The summed E-state index contributed by atoms with van der Waals surface area (Å²) in [7, 11) is -1.80. The van der Waals surface area contributed by atoms with E-state index < -0.39 is 46.0 Å². The van der Waals surface area contributed by atoms with Crippen LogP contribution < -0.4 is 15.5 Å². The molecule has 0 bridgehead atoms. The lowest BCUT2D eigenvalue weighted by Gasteiger charge is -2.31. The zero-order chi connectivity index (χ0) is 25.4. The SMILES string of the molecule is Cc1ccc(N(C(=O)CS(=O)CC(=O)Nc2ccc(F)cc2)C(C)C(=O)NC2CCCCC2)cc1. The van der Waals surface area contributed by atoms with Gasteiger partial charge in [0.15, 0.2) is 0 Å². The van der Waals surface area contributed by atoms with Crippen molar-refractivity contribution in [3.63, 3.8) is 0 Å². The Hall–Kier alpha value is -3.07. The standard InChI is InChI=1S/C26H32FN3O4S/c1-18-8-14-23(15-9-18)30(19(2)26(33)29-21-6-4-3-5-7-21)25(32)17-35(34)16-24(31)28-22-12-10-20(27)11-13-22/h8-15,19,21H,3-7,16-17H2,1-2H3,(H,28,31)(H,29,33). The summed E-state index contributed by atoms with van der Waals surface area (Å²) in [5.41, 5.74) is 1.90. The fourth-order valence-corrected chi connectivity index (χ4v) is 4.99. The molecule has 3 amide bonds. The molecular formula is C26H32FN3O4S. The van der Waals surface area contributed by atoms with Gasteiger partial charge in [0.25, 0.3) is 0 Å². The Morgan fingerprint density at radius 3 is 2.26 bits per heavy atom. The topological polar surface area (TPSA) is 95.6 Å². The van der Waals surface area contributed by atoms with E-state index in [4.69, 9.17) is 0 Å². The van der Waals surface area contributed by atoms with Crippen LogP contribution >= 0.6 is 0 Å². The van der Waals surface area contributed by atoms with Crippen molar-refractivity contribution in [2.24, 2.45) is 0 Å². The number of carbonyl (C=O) groups is 3. The number of benzene rings is 2. The van der Waals surface area contributed by atoms with Crippen LogP contribution in [0.5, 0.6) is 0 Å². The fraction of sp³-hybridized carbons (Fsp3) is 0.423. The van der Waals surface area contributed by atoms with Gasteiger partial charge in [-0.1, -0.05) is 37.0 Å². The minimum absolute atomic E-state index is 0.0953. The van der Waals surface area contributed by atoms with Crippen LogP contribution in [0.2, 0.25) is 0 Å². The second kappa shape index (κ2) is 12.6. The highest BCUT2D eigenvalue weighted by molar-refractivity contribution is 7.86. The number of anilines is 2. The molecule has 2 aromatic carbocycles. The second-order valence-corrected chi connectivity index (χ2v) is 10.4. The maximum atomic E-state index is 13.2. The highest BCUT2D eigenvalue weighted by Gasteiger charge is 2.30. The van der Waals surface area contributed by atoms with Gasteiger partial charge in [-0.2, -0.15) is 0 Å². The molecule has 35 heavy (non-hydrogen) atoms. The van der Waals surface area contributed by atoms with Crippen LogP contribution in [0.25, 0.3) is 0 Å². The van der Waals surface area contributed by atoms with Crippen LogP contribution in [-0.4, -0.2) is 45.5 Å². The quantitative estimate of drug-likeness (QED) is 0.548. The van der Waals surface area contributed by atoms with Gasteiger partial charge in [-0.05, 0) is 63.1 Å². The van der Waals surface area contributed by atoms with E-state index in [1.54, 1.807) is 19.1 Å². The van der Waals surface area contributed by atoms with E-state index in [0.29, 0.717) is 11.4 Å². The highest BCUT2D eigenvalue weighted by atomic mass is 32.2. The second-order valence-electron chi connectivity index (χ2n) is 8.90. The molecule has 1 saturated carbocycles. The number of nitrogens with zero attached hydrogens (tertiary/aromatic N) is 1. The Bertz CT molecular complexity index is 1050. The highest BCUT2D eigenvalue weighted by Crippen LogP contribution is 2.21. The van der Waals surface area contributed by atoms with Gasteiger partial charge in [-0.15, -0.1) is 0 Å². The molecule has 1 aliphatic carbocycles. The molecule has 1 fully saturated rings. The van der Waals surface area contributed by atoms with Gasteiger partial charge >= 0.3 is 0 Å². The number of amides is 3. The van der Waals surface area contributed by atoms with Crippen LogP contribution in [0, 0.1) is 12.7 Å². The average Bonchev–Trinajstić information content (AvgIpc) is 2.82. The summed E-state index contributed by atoms with van der Waals surface area (Å²) >= 11 is 0. The lowest BCUT2D eigenvalue weighted by molar-refractivity contribution is -0.126. The Balaban J connectivity index is 1.66. The largest absolute Gasteiger partial charge is 0.352 e. The fourth-order valence-electron chi connectivity index (χ4n) is 4.11. The minimum atomic E-state index is -1.80. The third-order valence-corrected chi connectivity index (χ3v) is 7.16. The minimum Gasteiger partial charge on any atom is -0.352 e. The van der Waals surface area contributed by atoms with Gasteiger partial charge in [0, 0.05) is 28.2 Å². The van der Waals surface area contributed by atoms with Crippen molar-refractivity contribution in [1.29, 1.82) is 0 Å². The first-order chi connectivity index (χ1) is 16.7. The molecule has 1 aliphatic rings. The number of rotatable bonds is 9. The van der Waals surface area contributed by atoms with Crippen LogP contribution in [-0.2, 0) is 25.2 Å². The smallest absolute Gasteiger partial charge is 0.243 e. The van der Waals surface area contributed by atoms with Crippen LogP contribution in [0.4, 0.5) is 15.8 Å². The summed E-state index contributed by atoms with van der Waals surface area (Å²) in [5.74, 6) is -2.55. The summed E-state index contributed by atoms with van der Waals surface area (Å²) in [6, 6.07) is 11.7. The van der Waals surface area contributed by atoms with E-state index in [-0.39, 0.29) is 11.9 Å². The number of nitrogens with one attached hydrogen (secondary N) is 2. The number of aryl methyl sites for hydroxylation is 1. The number of carbonyl (C=O) groups excluding carboxylic acids is 3. The van der Waals surface area contributed by atoms with E-state index in [0.717, 1.165) is 37.7 Å². The van der Waals surface area contributed by atoms with Gasteiger partial charge in [-0.25, -0.2) is 4.39 Å². The molecule has 3 rings (SSSR count). The van der Waals surface area contributed by atoms with E-state index in [1.807, 2.05) is 19.1 Å². The van der Waals surface area contributed by atoms with E-state index in [2.05, 4.69) is 10.6 Å². The van der Waals surface area contributed by atoms with Crippen LogP contribution in [0.3, 0.4) is 0 Å². The zero-order valence-corrected chi connectivity index (χ0v) is 20.9. The Morgan fingerprint density at radius 1 is 1.00 bits per heavy atom. The maximum absolute atomic E-state index is 13.2. The normalized spacial score (nSPS) is 15.6. The molecule has 2 N–H and O–H groups in total. The Morgan fingerprint density at radius 2 is 1.63 bits per heavy atom. The molecule has 2 atom stereocenters. The van der Waals surface area contributed by atoms with Crippen molar-refractivity contribution < 1.29 is 23.0 Å². The van der Waals surface area contributed by atoms with E-state index >= 15 is 0 Å². The van der Waals surface area contributed by atoms with Gasteiger partial charge in [0.2, 0.25) is 17.7 Å².